The van der Waals surface area contributed by atoms with Crippen molar-refractivity contribution in [1.82, 2.24) is 5.32 Å². The van der Waals surface area contributed by atoms with Gasteiger partial charge in [0.25, 0.3) is 0 Å². The van der Waals surface area contributed by atoms with Crippen molar-refractivity contribution in [3.8, 4) is 0 Å². The van der Waals surface area contributed by atoms with Crippen molar-refractivity contribution in [2.45, 2.75) is 39.2 Å². The Bertz CT molecular complexity index is 302. The van der Waals surface area contributed by atoms with Crippen LogP contribution in [0.15, 0.2) is 30.3 Å². The standard InChI is InChI=1S/C15H25NO/c1-5-17-12-14(11-16-15(2,3)4)13-9-7-6-8-10-13/h6-10,14,16H,5,11-12H2,1-4H3. The number of hydrogen-bond acceptors (Lipinski definition) is 2. The Morgan fingerprint density at radius 3 is 2.35 bits per heavy atom. The fourth-order valence-electron chi connectivity index (χ4n) is 1.69. The molecular formula is C15H25NO. The molecule has 0 aliphatic heterocycles. The molecule has 1 N–H and O–H groups in total. The summed E-state index contributed by atoms with van der Waals surface area (Å²) in [4.78, 5) is 0. The summed E-state index contributed by atoms with van der Waals surface area (Å²) in [6.07, 6.45) is 0. The second-order valence-electron chi connectivity index (χ2n) is 5.40. The molecule has 0 aliphatic carbocycles. The maximum Gasteiger partial charge on any atom is 0.0546 e. The maximum atomic E-state index is 5.58. The van der Waals surface area contributed by atoms with E-state index in [9.17, 15) is 0 Å². The van der Waals surface area contributed by atoms with Gasteiger partial charge in [0.15, 0.2) is 0 Å². The third-order valence-corrected chi connectivity index (χ3v) is 2.67. The minimum Gasteiger partial charge on any atom is -0.381 e. The molecule has 0 saturated heterocycles. The lowest BCUT2D eigenvalue weighted by Crippen LogP contribution is -2.39. The molecule has 0 aliphatic rings. The van der Waals surface area contributed by atoms with Crippen LogP contribution in [0.4, 0.5) is 0 Å². The summed E-state index contributed by atoms with van der Waals surface area (Å²) in [5, 5.41) is 3.55. The van der Waals surface area contributed by atoms with E-state index in [1.807, 2.05) is 6.92 Å². The van der Waals surface area contributed by atoms with Crippen LogP contribution < -0.4 is 5.32 Å². The fourth-order valence-corrected chi connectivity index (χ4v) is 1.69. The van der Waals surface area contributed by atoms with Gasteiger partial charge in [-0.1, -0.05) is 30.3 Å². The van der Waals surface area contributed by atoms with Gasteiger partial charge < -0.3 is 10.1 Å². The van der Waals surface area contributed by atoms with E-state index < -0.39 is 0 Å². The average molecular weight is 235 g/mol. The molecule has 2 nitrogen and oxygen atoms in total. The first-order valence-electron chi connectivity index (χ1n) is 6.40. The molecule has 0 saturated carbocycles. The molecule has 1 aromatic rings. The smallest absolute Gasteiger partial charge is 0.0546 e. The van der Waals surface area contributed by atoms with Crippen molar-refractivity contribution in [3.05, 3.63) is 35.9 Å². The number of benzene rings is 1. The molecule has 1 unspecified atom stereocenters. The predicted molar refractivity (Wildman–Crippen MR) is 73.4 cm³/mol. The molecule has 0 spiro atoms. The lowest BCUT2D eigenvalue weighted by molar-refractivity contribution is 0.129. The summed E-state index contributed by atoms with van der Waals surface area (Å²) in [5.41, 5.74) is 1.50. The summed E-state index contributed by atoms with van der Waals surface area (Å²) in [5.74, 6) is 0.426. The number of hydrogen-bond donors (Lipinski definition) is 1. The fraction of sp³-hybridized carbons (Fsp3) is 0.600. The Morgan fingerprint density at radius 2 is 1.82 bits per heavy atom. The number of rotatable bonds is 6. The summed E-state index contributed by atoms with van der Waals surface area (Å²) < 4.78 is 5.58. The van der Waals surface area contributed by atoms with Crippen molar-refractivity contribution in [3.63, 3.8) is 0 Å². The Hall–Kier alpha value is -0.860. The molecule has 0 aromatic heterocycles. The Balaban J connectivity index is 2.61. The molecule has 96 valence electrons. The molecule has 0 radical (unpaired) electrons. The Kier molecular flexibility index (Phi) is 5.66. The van der Waals surface area contributed by atoms with Gasteiger partial charge in [-0.3, -0.25) is 0 Å². The minimum atomic E-state index is 0.152. The molecule has 0 fully saturated rings. The van der Waals surface area contributed by atoms with Crippen LogP contribution in [0.1, 0.15) is 39.2 Å². The van der Waals surface area contributed by atoms with Crippen molar-refractivity contribution < 1.29 is 4.74 Å². The van der Waals surface area contributed by atoms with Crippen molar-refractivity contribution in [1.29, 1.82) is 0 Å². The van der Waals surface area contributed by atoms with Crippen LogP contribution in [0.25, 0.3) is 0 Å². The molecule has 17 heavy (non-hydrogen) atoms. The van der Waals surface area contributed by atoms with Crippen LogP contribution >= 0.6 is 0 Å². The quantitative estimate of drug-likeness (QED) is 0.817. The molecule has 1 aromatic carbocycles. The summed E-state index contributed by atoms with van der Waals surface area (Å²) in [6.45, 7) is 11.1. The molecule has 1 rings (SSSR count). The zero-order chi connectivity index (χ0) is 12.7. The maximum absolute atomic E-state index is 5.58. The molecule has 0 amide bonds. The van der Waals surface area contributed by atoms with Crippen LogP contribution in [0.5, 0.6) is 0 Å². The highest BCUT2D eigenvalue weighted by Gasteiger charge is 2.15. The summed E-state index contributed by atoms with van der Waals surface area (Å²) >= 11 is 0. The molecule has 0 bridgehead atoms. The van der Waals surface area contributed by atoms with E-state index >= 15 is 0 Å². The van der Waals surface area contributed by atoms with Gasteiger partial charge in [-0.2, -0.15) is 0 Å². The van der Waals surface area contributed by atoms with Crippen LogP contribution in [0.2, 0.25) is 0 Å². The van der Waals surface area contributed by atoms with E-state index in [4.69, 9.17) is 4.74 Å². The first-order valence-corrected chi connectivity index (χ1v) is 6.40. The largest absolute Gasteiger partial charge is 0.381 e. The van der Waals surface area contributed by atoms with Gasteiger partial charge in [0.05, 0.1) is 6.61 Å². The van der Waals surface area contributed by atoms with Crippen LogP contribution in [0, 0.1) is 0 Å². The predicted octanol–water partition coefficient (Wildman–Crippen LogP) is 3.19. The SMILES string of the molecule is CCOCC(CNC(C)(C)C)c1ccccc1. The highest BCUT2D eigenvalue weighted by atomic mass is 16.5. The first-order chi connectivity index (χ1) is 8.03. The Morgan fingerprint density at radius 1 is 1.18 bits per heavy atom. The van der Waals surface area contributed by atoms with E-state index in [0.717, 1.165) is 19.8 Å². The van der Waals surface area contributed by atoms with E-state index in [1.165, 1.54) is 5.56 Å². The van der Waals surface area contributed by atoms with E-state index in [0.29, 0.717) is 5.92 Å². The minimum absolute atomic E-state index is 0.152. The van der Waals surface area contributed by atoms with Crippen molar-refractivity contribution in [2.75, 3.05) is 19.8 Å². The third kappa shape index (κ3) is 5.85. The van der Waals surface area contributed by atoms with Crippen LogP contribution in [-0.2, 0) is 4.74 Å². The van der Waals surface area contributed by atoms with Gasteiger partial charge in [0, 0.05) is 24.6 Å². The summed E-state index contributed by atoms with van der Waals surface area (Å²) in [6, 6.07) is 10.6. The normalized spacial score (nSPS) is 13.6. The second kappa shape index (κ2) is 6.77. The third-order valence-electron chi connectivity index (χ3n) is 2.67. The second-order valence-corrected chi connectivity index (χ2v) is 5.40. The van der Waals surface area contributed by atoms with Gasteiger partial charge >= 0.3 is 0 Å². The van der Waals surface area contributed by atoms with Crippen LogP contribution in [0.3, 0.4) is 0 Å². The van der Waals surface area contributed by atoms with E-state index in [-0.39, 0.29) is 5.54 Å². The highest BCUT2D eigenvalue weighted by molar-refractivity contribution is 5.20. The summed E-state index contributed by atoms with van der Waals surface area (Å²) in [7, 11) is 0. The molecule has 0 heterocycles. The van der Waals surface area contributed by atoms with E-state index in [2.05, 4.69) is 56.4 Å². The monoisotopic (exact) mass is 235 g/mol. The van der Waals surface area contributed by atoms with Crippen molar-refractivity contribution >= 4 is 0 Å². The molecule has 2 heteroatoms. The average Bonchev–Trinajstić information content (AvgIpc) is 2.29. The van der Waals surface area contributed by atoms with Gasteiger partial charge in [-0.25, -0.2) is 0 Å². The zero-order valence-electron chi connectivity index (χ0n) is 11.5. The Labute approximate surface area is 105 Å². The lowest BCUT2D eigenvalue weighted by atomic mass is 9.98. The lowest BCUT2D eigenvalue weighted by Gasteiger charge is -2.25. The number of ether oxygens (including phenoxy) is 1. The first kappa shape index (κ1) is 14.2. The molecule has 1 atom stereocenters. The van der Waals surface area contributed by atoms with Crippen LogP contribution in [-0.4, -0.2) is 25.3 Å². The van der Waals surface area contributed by atoms with Gasteiger partial charge in [-0.15, -0.1) is 0 Å². The van der Waals surface area contributed by atoms with Crippen molar-refractivity contribution in [2.24, 2.45) is 0 Å². The van der Waals surface area contributed by atoms with Gasteiger partial charge in [0.1, 0.15) is 0 Å². The highest BCUT2D eigenvalue weighted by Crippen LogP contribution is 2.16. The van der Waals surface area contributed by atoms with E-state index in [1.54, 1.807) is 0 Å². The topological polar surface area (TPSA) is 21.3 Å². The molecular weight excluding hydrogens is 210 g/mol. The zero-order valence-corrected chi connectivity index (χ0v) is 11.5. The van der Waals surface area contributed by atoms with Gasteiger partial charge in [0.2, 0.25) is 0 Å². The van der Waals surface area contributed by atoms with Gasteiger partial charge in [-0.05, 0) is 33.3 Å². The number of nitrogens with one attached hydrogen (secondary N) is 1.